The first-order valence-electron chi connectivity index (χ1n) is 9.75. The van der Waals surface area contributed by atoms with Crippen LogP contribution in [0, 0.1) is 11.6 Å². The first-order valence-corrected chi connectivity index (χ1v) is 10.5. The minimum Gasteiger partial charge on any atom is -0.336 e. The molecule has 1 N–H and O–H groups in total. The second-order valence-electron chi connectivity index (χ2n) is 7.33. The van der Waals surface area contributed by atoms with Crippen molar-refractivity contribution in [1.29, 1.82) is 0 Å². The summed E-state index contributed by atoms with van der Waals surface area (Å²) in [6.07, 6.45) is -2.99. The number of aromatic nitrogens is 2. The van der Waals surface area contributed by atoms with E-state index < -0.39 is 46.3 Å². The van der Waals surface area contributed by atoms with Crippen LogP contribution in [0.3, 0.4) is 0 Å². The Kier molecular flexibility index (Phi) is 6.52. The van der Waals surface area contributed by atoms with Crippen LogP contribution < -0.4 is 10.7 Å². The molecule has 2 aromatic heterocycles. The Bertz CT molecular complexity index is 1520. The topological polar surface area (TPSA) is 64.0 Å². The zero-order chi connectivity index (χ0) is 25.5. The number of fused-ring (bicyclic) bond motifs is 1. The third-order valence-electron chi connectivity index (χ3n) is 5.04. The normalized spacial score (nSPS) is 12.5. The van der Waals surface area contributed by atoms with E-state index in [0.29, 0.717) is 6.07 Å². The van der Waals surface area contributed by atoms with Crippen LogP contribution in [0.4, 0.5) is 22.0 Å². The molecule has 4 rings (SSSR count). The molecule has 1 atom stereocenters. The molecule has 4 aromatic rings. The van der Waals surface area contributed by atoms with Gasteiger partial charge in [0.1, 0.15) is 22.8 Å². The lowest BCUT2D eigenvalue weighted by atomic mass is 10.1. The number of halogens is 7. The average Bonchev–Trinajstić information content (AvgIpc) is 2.78. The lowest BCUT2D eigenvalue weighted by Crippen LogP contribution is -2.40. The summed E-state index contributed by atoms with van der Waals surface area (Å²) in [7, 11) is 0. The van der Waals surface area contributed by atoms with Gasteiger partial charge in [-0.2, -0.15) is 13.2 Å². The molecule has 0 spiro atoms. The molecule has 0 aliphatic heterocycles. The van der Waals surface area contributed by atoms with Crippen molar-refractivity contribution in [1.82, 2.24) is 14.9 Å². The Morgan fingerprint density at radius 1 is 1.06 bits per heavy atom. The fourth-order valence-corrected chi connectivity index (χ4v) is 3.86. The van der Waals surface area contributed by atoms with Gasteiger partial charge in [0, 0.05) is 29.0 Å². The van der Waals surface area contributed by atoms with E-state index in [-0.39, 0.29) is 26.8 Å². The number of hydrogen-bond donors (Lipinski definition) is 1. The van der Waals surface area contributed by atoms with Gasteiger partial charge in [-0.15, -0.1) is 0 Å². The SMILES string of the molecule is O=C(NC(c1ccccc1Cl)C(F)(F)F)c1cn(-c2ccc(F)cc2F)c2ncc(Cl)cc2c1=O. The monoisotopic (exact) mass is 527 g/mol. The van der Waals surface area contributed by atoms with E-state index in [9.17, 15) is 31.5 Å². The standard InChI is InChI=1S/C23H12Cl2F5N3O2/c24-11-7-14-19(34)15(10-33(21(14)31-9-11)18-6-5-12(26)8-17(18)27)22(35)32-20(23(28,29)30)13-3-1-2-4-16(13)25/h1-10,20H,(H,32,35). The number of carbonyl (C=O) groups excluding carboxylic acids is 1. The Morgan fingerprint density at radius 2 is 1.77 bits per heavy atom. The summed E-state index contributed by atoms with van der Waals surface area (Å²) in [6, 6.07) is 6.11. The van der Waals surface area contributed by atoms with Gasteiger partial charge >= 0.3 is 6.18 Å². The summed E-state index contributed by atoms with van der Waals surface area (Å²) in [5.41, 5.74) is -2.65. The Labute approximate surface area is 203 Å². The van der Waals surface area contributed by atoms with E-state index in [2.05, 4.69) is 4.98 Å². The second kappa shape index (κ2) is 9.27. The van der Waals surface area contributed by atoms with Crippen molar-refractivity contribution < 1.29 is 26.7 Å². The molecule has 0 saturated heterocycles. The van der Waals surface area contributed by atoms with E-state index in [1.165, 1.54) is 18.2 Å². The molecule has 0 radical (unpaired) electrons. The van der Waals surface area contributed by atoms with Crippen LogP contribution in [-0.2, 0) is 0 Å². The summed E-state index contributed by atoms with van der Waals surface area (Å²) < 4.78 is 70.4. The number of alkyl halides is 3. The maximum atomic E-state index is 14.6. The first kappa shape index (κ1) is 24.6. The minimum absolute atomic E-state index is 0.0116. The lowest BCUT2D eigenvalue weighted by molar-refractivity contribution is -0.155. The zero-order valence-electron chi connectivity index (χ0n) is 17.2. The van der Waals surface area contributed by atoms with E-state index in [4.69, 9.17) is 23.2 Å². The maximum Gasteiger partial charge on any atom is 0.412 e. The molecule has 0 bridgehead atoms. The molecule has 0 fully saturated rings. The molecule has 0 saturated carbocycles. The van der Waals surface area contributed by atoms with Gasteiger partial charge < -0.3 is 5.32 Å². The van der Waals surface area contributed by atoms with Crippen LogP contribution in [0.25, 0.3) is 16.7 Å². The Hall–Kier alpha value is -3.50. The number of benzene rings is 2. The number of nitrogens with zero attached hydrogens (tertiary/aromatic N) is 2. The molecular formula is C23H12Cl2F5N3O2. The molecule has 1 unspecified atom stereocenters. The highest BCUT2D eigenvalue weighted by atomic mass is 35.5. The quantitative estimate of drug-likeness (QED) is 0.331. The molecule has 0 aliphatic carbocycles. The van der Waals surface area contributed by atoms with Gasteiger partial charge in [-0.25, -0.2) is 13.8 Å². The minimum atomic E-state index is -4.97. The van der Waals surface area contributed by atoms with Gasteiger partial charge in [0.25, 0.3) is 5.91 Å². The molecule has 12 heteroatoms. The fourth-order valence-electron chi connectivity index (χ4n) is 3.46. The summed E-state index contributed by atoms with van der Waals surface area (Å²) in [5.74, 6) is -3.36. The van der Waals surface area contributed by atoms with Crippen LogP contribution in [0.15, 0.2) is 65.7 Å². The van der Waals surface area contributed by atoms with Crippen LogP contribution in [0.5, 0.6) is 0 Å². The summed E-state index contributed by atoms with van der Waals surface area (Å²) in [6.45, 7) is 0. The van der Waals surface area contributed by atoms with E-state index in [1.54, 1.807) is 5.32 Å². The first-order chi connectivity index (χ1) is 16.5. The van der Waals surface area contributed by atoms with E-state index >= 15 is 0 Å². The fraction of sp³-hybridized carbons (Fsp3) is 0.0870. The molecular weight excluding hydrogens is 516 g/mol. The van der Waals surface area contributed by atoms with E-state index in [0.717, 1.165) is 41.2 Å². The van der Waals surface area contributed by atoms with Crippen LogP contribution >= 0.6 is 23.2 Å². The van der Waals surface area contributed by atoms with Crippen molar-refractivity contribution in [3.63, 3.8) is 0 Å². The van der Waals surface area contributed by atoms with Crippen LogP contribution in [-0.4, -0.2) is 21.6 Å². The molecule has 0 aliphatic rings. The Morgan fingerprint density at radius 3 is 2.43 bits per heavy atom. The summed E-state index contributed by atoms with van der Waals surface area (Å²) in [5, 5.41) is 1.25. The third-order valence-corrected chi connectivity index (χ3v) is 5.59. The lowest BCUT2D eigenvalue weighted by Gasteiger charge is -2.23. The van der Waals surface area contributed by atoms with Gasteiger partial charge in [-0.05, 0) is 24.3 Å². The number of pyridine rings is 2. The number of hydrogen-bond acceptors (Lipinski definition) is 3. The van der Waals surface area contributed by atoms with Gasteiger partial charge in [-0.1, -0.05) is 41.4 Å². The summed E-state index contributed by atoms with van der Waals surface area (Å²) >= 11 is 11.8. The Balaban J connectivity index is 1.90. The van der Waals surface area contributed by atoms with Gasteiger partial charge in [0.05, 0.1) is 16.1 Å². The number of nitrogens with one attached hydrogen (secondary N) is 1. The highest BCUT2D eigenvalue weighted by Crippen LogP contribution is 2.36. The third kappa shape index (κ3) is 4.85. The molecule has 2 heterocycles. The number of amides is 1. The maximum absolute atomic E-state index is 14.6. The van der Waals surface area contributed by atoms with Gasteiger partial charge in [0.15, 0.2) is 6.04 Å². The molecule has 2 aromatic carbocycles. The van der Waals surface area contributed by atoms with Crippen molar-refractivity contribution >= 4 is 40.1 Å². The van der Waals surface area contributed by atoms with Gasteiger partial charge in [-0.3, -0.25) is 14.2 Å². The average molecular weight is 528 g/mol. The summed E-state index contributed by atoms with van der Waals surface area (Å²) in [4.78, 5) is 30.0. The van der Waals surface area contributed by atoms with Crippen molar-refractivity contribution in [2.45, 2.75) is 12.2 Å². The van der Waals surface area contributed by atoms with Crippen molar-refractivity contribution in [2.24, 2.45) is 0 Å². The molecule has 5 nitrogen and oxygen atoms in total. The largest absolute Gasteiger partial charge is 0.412 e. The predicted octanol–water partition coefficient (Wildman–Crippen LogP) is 6.00. The highest BCUT2D eigenvalue weighted by molar-refractivity contribution is 6.31. The van der Waals surface area contributed by atoms with Gasteiger partial charge in [0.2, 0.25) is 5.43 Å². The smallest absolute Gasteiger partial charge is 0.336 e. The van der Waals surface area contributed by atoms with E-state index in [1.807, 2.05) is 0 Å². The van der Waals surface area contributed by atoms with Crippen molar-refractivity contribution in [2.75, 3.05) is 0 Å². The predicted molar refractivity (Wildman–Crippen MR) is 120 cm³/mol. The highest BCUT2D eigenvalue weighted by Gasteiger charge is 2.43. The van der Waals surface area contributed by atoms with Crippen molar-refractivity contribution in [3.8, 4) is 5.69 Å². The number of carbonyl (C=O) groups is 1. The molecule has 1 amide bonds. The number of rotatable bonds is 4. The second-order valence-corrected chi connectivity index (χ2v) is 8.18. The zero-order valence-corrected chi connectivity index (χ0v) is 18.7. The molecule has 180 valence electrons. The van der Waals surface area contributed by atoms with Crippen LogP contribution in [0.2, 0.25) is 10.0 Å². The van der Waals surface area contributed by atoms with Crippen molar-refractivity contribution in [3.05, 3.63) is 104 Å². The molecule has 35 heavy (non-hydrogen) atoms. The van der Waals surface area contributed by atoms with Crippen LogP contribution in [0.1, 0.15) is 22.0 Å².